The lowest BCUT2D eigenvalue weighted by Crippen LogP contribution is -2.51. The van der Waals surface area contributed by atoms with Crippen LogP contribution in [0.3, 0.4) is 0 Å². The average molecular weight is 464 g/mol. The smallest absolute Gasteiger partial charge is 0.235 e. The van der Waals surface area contributed by atoms with Crippen molar-refractivity contribution in [1.29, 1.82) is 0 Å². The number of hydrogen-bond acceptors (Lipinski definition) is 7. The number of imide groups is 1. The number of anilines is 1. The fourth-order valence-corrected chi connectivity index (χ4v) is 5.66. The number of carbonyl (C=O) groups excluding carboxylic acids is 2. The van der Waals surface area contributed by atoms with Crippen LogP contribution < -0.4 is 10.6 Å². The standard InChI is InChI=1S/C25H29N5O2S/c1-13-8-14(2)28-21(20(13)29-16-10-26-11-16)18-6-7-27-19-9-17(33-22(18)19)12-30-23(31)15(3)25(4,5)24(30)32/h6-9,15-16,26,29H,10-12H2,1-5H3. The van der Waals surface area contributed by atoms with Crippen LogP contribution in [0.2, 0.25) is 0 Å². The summed E-state index contributed by atoms with van der Waals surface area (Å²) in [5.41, 5.74) is 5.30. The molecule has 0 bridgehead atoms. The van der Waals surface area contributed by atoms with Crippen molar-refractivity contribution in [1.82, 2.24) is 20.2 Å². The molecule has 0 aromatic carbocycles. The molecule has 2 amide bonds. The van der Waals surface area contributed by atoms with Crippen LogP contribution in [0.25, 0.3) is 21.5 Å². The summed E-state index contributed by atoms with van der Waals surface area (Å²) in [6.07, 6.45) is 1.81. The van der Waals surface area contributed by atoms with Crippen molar-refractivity contribution in [2.24, 2.45) is 11.3 Å². The second kappa shape index (κ2) is 7.88. The molecule has 2 N–H and O–H groups in total. The highest BCUT2D eigenvalue weighted by molar-refractivity contribution is 7.19. The van der Waals surface area contributed by atoms with Crippen molar-refractivity contribution < 1.29 is 9.59 Å². The molecule has 33 heavy (non-hydrogen) atoms. The number of aromatic nitrogens is 2. The van der Waals surface area contributed by atoms with Crippen LogP contribution in [0.15, 0.2) is 24.4 Å². The Morgan fingerprint density at radius 1 is 1.24 bits per heavy atom. The fourth-order valence-electron chi connectivity index (χ4n) is 4.54. The molecule has 5 heterocycles. The van der Waals surface area contributed by atoms with E-state index in [9.17, 15) is 9.59 Å². The lowest BCUT2D eigenvalue weighted by Gasteiger charge is -2.30. The maximum absolute atomic E-state index is 12.9. The number of pyridine rings is 2. The van der Waals surface area contributed by atoms with Crippen LogP contribution >= 0.6 is 11.3 Å². The second-order valence-electron chi connectivity index (χ2n) is 9.76. The molecule has 0 saturated carbocycles. The first-order chi connectivity index (χ1) is 15.7. The highest BCUT2D eigenvalue weighted by Gasteiger charge is 2.51. The van der Waals surface area contributed by atoms with Crippen molar-refractivity contribution >= 4 is 39.1 Å². The number of nitrogens with zero attached hydrogens (tertiary/aromatic N) is 3. The first kappa shape index (κ1) is 22.0. The second-order valence-corrected chi connectivity index (χ2v) is 10.9. The Hall–Kier alpha value is -2.84. The predicted molar refractivity (Wildman–Crippen MR) is 131 cm³/mol. The summed E-state index contributed by atoms with van der Waals surface area (Å²) in [6.45, 7) is 11.8. The Labute approximate surface area is 197 Å². The topological polar surface area (TPSA) is 87.2 Å². The van der Waals surface area contributed by atoms with Crippen LogP contribution in [0.5, 0.6) is 0 Å². The van der Waals surface area contributed by atoms with Gasteiger partial charge in [0.2, 0.25) is 11.8 Å². The van der Waals surface area contributed by atoms with E-state index in [1.165, 1.54) is 4.90 Å². The lowest BCUT2D eigenvalue weighted by molar-refractivity contribution is -0.141. The minimum absolute atomic E-state index is 0.104. The zero-order valence-corrected chi connectivity index (χ0v) is 20.5. The van der Waals surface area contributed by atoms with Gasteiger partial charge in [0, 0.05) is 41.3 Å². The number of nitrogens with one attached hydrogen (secondary N) is 2. The van der Waals surface area contributed by atoms with Gasteiger partial charge in [0.05, 0.1) is 39.6 Å². The van der Waals surface area contributed by atoms with Gasteiger partial charge in [-0.1, -0.05) is 20.8 Å². The quantitative estimate of drug-likeness (QED) is 0.558. The molecule has 3 aromatic heterocycles. The molecule has 7 nitrogen and oxygen atoms in total. The molecule has 2 aliphatic heterocycles. The van der Waals surface area contributed by atoms with E-state index in [0.29, 0.717) is 6.04 Å². The van der Waals surface area contributed by atoms with Crippen LogP contribution in [-0.2, 0) is 16.1 Å². The van der Waals surface area contributed by atoms with E-state index >= 15 is 0 Å². The molecule has 2 aliphatic rings. The lowest BCUT2D eigenvalue weighted by atomic mass is 9.82. The van der Waals surface area contributed by atoms with Crippen molar-refractivity contribution in [3.63, 3.8) is 0 Å². The van der Waals surface area contributed by atoms with Crippen molar-refractivity contribution in [2.45, 2.75) is 47.2 Å². The van der Waals surface area contributed by atoms with Gasteiger partial charge >= 0.3 is 0 Å². The monoisotopic (exact) mass is 463 g/mol. The van der Waals surface area contributed by atoms with Crippen LogP contribution in [0.4, 0.5) is 5.69 Å². The summed E-state index contributed by atoms with van der Waals surface area (Å²) in [5, 5.41) is 6.96. The molecular weight excluding hydrogens is 434 g/mol. The maximum Gasteiger partial charge on any atom is 0.235 e. The van der Waals surface area contributed by atoms with Gasteiger partial charge in [-0.15, -0.1) is 11.3 Å². The SMILES string of the molecule is Cc1cc(C)c(NC2CNC2)c(-c2ccnc3cc(CN4C(=O)C(C)C(C)(C)C4=O)sc23)n1. The van der Waals surface area contributed by atoms with E-state index < -0.39 is 5.41 Å². The number of amides is 2. The molecule has 1 unspecified atom stereocenters. The summed E-state index contributed by atoms with van der Waals surface area (Å²) >= 11 is 1.58. The van der Waals surface area contributed by atoms with Gasteiger partial charge in [-0.05, 0) is 37.6 Å². The summed E-state index contributed by atoms with van der Waals surface area (Å²) in [4.78, 5) is 37.5. The Morgan fingerprint density at radius 2 is 2.00 bits per heavy atom. The molecule has 5 rings (SSSR count). The molecule has 2 saturated heterocycles. The van der Waals surface area contributed by atoms with E-state index in [1.54, 1.807) is 17.5 Å². The molecule has 1 atom stereocenters. The highest BCUT2D eigenvalue weighted by atomic mass is 32.1. The number of fused-ring (bicyclic) bond motifs is 1. The number of hydrogen-bond donors (Lipinski definition) is 2. The normalized spacial score (nSPS) is 20.5. The summed E-state index contributed by atoms with van der Waals surface area (Å²) in [7, 11) is 0. The van der Waals surface area contributed by atoms with E-state index in [1.807, 2.05) is 39.8 Å². The van der Waals surface area contributed by atoms with E-state index in [-0.39, 0.29) is 24.3 Å². The van der Waals surface area contributed by atoms with Gasteiger partial charge in [0.15, 0.2) is 0 Å². The number of likely N-dealkylation sites (tertiary alicyclic amines) is 1. The molecular formula is C25H29N5O2S. The zero-order valence-electron chi connectivity index (χ0n) is 19.7. The van der Waals surface area contributed by atoms with Gasteiger partial charge in [0.1, 0.15) is 0 Å². The summed E-state index contributed by atoms with van der Waals surface area (Å²) in [5.74, 6) is -0.531. The largest absolute Gasteiger partial charge is 0.378 e. The minimum Gasteiger partial charge on any atom is -0.378 e. The third-order valence-electron chi connectivity index (χ3n) is 7.02. The minimum atomic E-state index is -0.670. The Morgan fingerprint density at radius 3 is 2.64 bits per heavy atom. The number of rotatable bonds is 5. The van der Waals surface area contributed by atoms with Crippen molar-refractivity contribution in [3.05, 3.63) is 40.5 Å². The summed E-state index contributed by atoms with van der Waals surface area (Å²) in [6, 6.07) is 6.49. The molecule has 0 radical (unpaired) electrons. The van der Waals surface area contributed by atoms with Gasteiger partial charge in [-0.2, -0.15) is 0 Å². The summed E-state index contributed by atoms with van der Waals surface area (Å²) < 4.78 is 1.02. The highest BCUT2D eigenvalue weighted by Crippen LogP contribution is 2.41. The molecule has 3 aromatic rings. The first-order valence-corrected chi connectivity index (χ1v) is 12.2. The maximum atomic E-state index is 12.9. The Bertz CT molecular complexity index is 1280. The average Bonchev–Trinajstić information content (AvgIpc) is 3.21. The molecule has 0 aliphatic carbocycles. The van der Waals surface area contributed by atoms with Crippen molar-refractivity contribution in [3.8, 4) is 11.3 Å². The third kappa shape index (κ3) is 3.61. The Kier molecular flexibility index (Phi) is 5.25. The number of aryl methyl sites for hydroxylation is 2. The van der Waals surface area contributed by atoms with E-state index in [4.69, 9.17) is 4.98 Å². The zero-order chi connectivity index (χ0) is 23.5. The Balaban J connectivity index is 1.55. The van der Waals surface area contributed by atoms with E-state index in [2.05, 4.69) is 28.6 Å². The molecule has 2 fully saturated rings. The number of carbonyl (C=O) groups is 2. The molecule has 8 heteroatoms. The van der Waals surface area contributed by atoms with Gasteiger partial charge in [-0.3, -0.25) is 24.5 Å². The third-order valence-corrected chi connectivity index (χ3v) is 8.16. The van der Waals surface area contributed by atoms with Gasteiger partial charge in [-0.25, -0.2) is 0 Å². The fraction of sp³-hybridized carbons (Fsp3) is 0.440. The van der Waals surface area contributed by atoms with Crippen LogP contribution in [0, 0.1) is 25.2 Å². The van der Waals surface area contributed by atoms with Crippen molar-refractivity contribution in [2.75, 3.05) is 18.4 Å². The van der Waals surface area contributed by atoms with Gasteiger partial charge in [0.25, 0.3) is 0 Å². The van der Waals surface area contributed by atoms with E-state index in [0.717, 1.165) is 56.4 Å². The first-order valence-electron chi connectivity index (χ1n) is 11.4. The predicted octanol–water partition coefficient (Wildman–Crippen LogP) is 3.89. The van der Waals surface area contributed by atoms with Gasteiger partial charge < -0.3 is 10.6 Å². The number of thiophene rings is 1. The van der Waals surface area contributed by atoms with Crippen LogP contribution in [-0.4, -0.2) is 45.8 Å². The van der Waals surface area contributed by atoms with Crippen LogP contribution in [0.1, 0.15) is 36.9 Å². The molecule has 172 valence electrons. The molecule has 0 spiro atoms.